The standard InChI is InChI=1S/C12H12N4O5/c1-6-10(7(2)15(3)14-6)21-11-9(16(19)20)4-8(5-13-11)12(17)18/h4-5H,1-3H3,(H,17,18). The molecule has 0 fully saturated rings. The molecular weight excluding hydrogens is 280 g/mol. The molecule has 0 spiro atoms. The zero-order valence-corrected chi connectivity index (χ0v) is 11.5. The SMILES string of the molecule is Cc1nn(C)c(C)c1Oc1ncc(C(=O)O)cc1[N+](=O)[O-]. The Labute approximate surface area is 118 Å². The summed E-state index contributed by atoms with van der Waals surface area (Å²) >= 11 is 0. The highest BCUT2D eigenvalue weighted by Gasteiger charge is 2.23. The smallest absolute Gasteiger partial charge is 0.337 e. The van der Waals surface area contributed by atoms with Crippen molar-refractivity contribution in [3.8, 4) is 11.6 Å². The van der Waals surface area contributed by atoms with Crippen molar-refractivity contribution in [1.29, 1.82) is 0 Å². The van der Waals surface area contributed by atoms with E-state index in [2.05, 4.69) is 10.1 Å². The lowest BCUT2D eigenvalue weighted by Gasteiger charge is -2.06. The summed E-state index contributed by atoms with van der Waals surface area (Å²) in [7, 11) is 1.71. The molecule has 0 amide bonds. The van der Waals surface area contributed by atoms with Crippen LogP contribution >= 0.6 is 0 Å². The number of ether oxygens (including phenoxy) is 1. The van der Waals surface area contributed by atoms with Crippen LogP contribution in [0.5, 0.6) is 11.6 Å². The highest BCUT2D eigenvalue weighted by Crippen LogP contribution is 2.33. The monoisotopic (exact) mass is 292 g/mol. The van der Waals surface area contributed by atoms with E-state index in [4.69, 9.17) is 9.84 Å². The molecule has 110 valence electrons. The third-order valence-electron chi connectivity index (χ3n) is 2.92. The van der Waals surface area contributed by atoms with Crippen molar-refractivity contribution >= 4 is 11.7 Å². The van der Waals surface area contributed by atoms with Crippen molar-refractivity contribution < 1.29 is 19.6 Å². The maximum Gasteiger partial charge on any atom is 0.337 e. The third kappa shape index (κ3) is 2.66. The molecule has 0 aromatic carbocycles. The predicted octanol–water partition coefficient (Wildman–Crippen LogP) is 1.83. The lowest BCUT2D eigenvalue weighted by atomic mass is 10.2. The summed E-state index contributed by atoms with van der Waals surface area (Å²) in [5, 5.41) is 24.0. The number of nitro groups is 1. The molecule has 1 N–H and O–H groups in total. The molecule has 9 nitrogen and oxygen atoms in total. The van der Waals surface area contributed by atoms with Gasteiger partial charge in [-0.05, 0) is 13.8 Å². The highest BCUT2D eigenvalue weighted by atomic mass is 16.6. The first-order valence-electron chi connectivity index (χ1n) is 5.87. The van der Waals surface area contributed by atoms with Crippen molar-refractivity contribution in [1.82, 2.24) is 14.8 Å². The van der Waals surface area contributed by atoms with E-state index in [1.807, 2.05) is 0 Å². The van der Waals surface area contributed by atoms with Crippen molar-refractivity contribution in [2.75, 3.05) is 0 Å². The minimum absolute atomic E-state index is 0.274. The van der Waals surface area contributed by atoms with Gasteiger partial charge in [0.1, 0.15) is 5.69 Å². The minimum atomic E-state index is -1.30. The van der Waals surface area contributed by atoms with Gasteiger partial charge in [-0.3, -0.25) is 14.8 Å². The number of aromatic carboxylic acids is 1. The van der Waals surface area contributed by atoms with Crippen molar-refractivity contribution in [2.24, 2.45) is 7.05 Å². The van der Waals surface area contributed by atoms with Gasteiger partial charge >= 0.3 is 11.7 Å². The number of pyridine rings is 1. The molecule has 0 aliphatic heterocycles. The molecule has 0 radical (unpaired) electrons. The Bertz CT molecular complexity index is 737. The number of rotatable bonds is 4. The molecule has 0 saturated carbocycles. The molecular formula is C12H12N4O5. The van der Waals surface area contributed by atoms with Crippen molar-refractivity contribution in [3.05, 3.63) is 39.3 Å². The second-order valence-corrected chi connectivity index (χ2v) is 4.34. The second kappa shape index (κ2) is 5.19. The minimum Gasteiger partial charge on any atom is -0.478 e. The van der Waals surface area contributed by atoms with Gasteiger partial charge in [-0.1, -0.05) is 0 Å². The van der Waals surface area contributed by atoms with Gasteiger partial charge in [0.15, 0.2) is 5.75 Å². The van der Waals surface area contributed by atoms with Gasteiger partial charge < -0.3 is 9.84 Å². The fraction of sp³-hybridized carbons (Fsp3) is 0.250. The Hall–Kier alpha value is -2.97. The van der Waals surface area contributed by atoms with E-state index in [1.165, 1.54) is 0 Å². The summed E-state index contributed by atoms with van der Waals surface area (Å²) in [5.41, 5.74) is 0.422. The molecule has 2 aromatic rings. The first-order valence-corrected chi connectivity index (χ1v) is 5.87. The number of hydrogen-bond acceptors (Lipinski definition) is 6. The number of carboxylic acids is 1. The van der Waals surface area contributed by atoms with E-state index >= 15 is 0 Å². The van der Waals surface area contributed by atoms with Gasteiger partial charge in [-0.15, -0.1) is 0 Å². The van der Waals surface area contributed by atoms with Gasteiger partial charge in [0.2, 0.25) is 0 Å². The summed E-state index contributed by atoms with van der Waals surface area (Å²) in [5.74, 6) is -1.22. The van der Waals surface area contributed by atoms with Crippen LogP contribution < -0.4 is 4.74 Å². The molecule has 0 aliphatic rings. The van der Waals surface area contributed by atoms with Crippen LogP contribution in [0.3, 0.4) is 0 Å². The topological polar surface area (TPSA) is 120 Å². The van der Waals surface area contributed by atoms with Crippen LogP contribution in [0.1, 0.15) is 21.7 Å². The van der Waals surface area contributed by atoms with Crippen molar-refractivity contribution in [2.45, 2.75) is 13.8 Å². The molecule has 2 rings (SSSR count). The molecule has 0 saturated heterocycles. The van der Waals surface area contributed by atoms with E-state index in [1.54, 1.807) is 25.6 Å². The quantitative estimate of drug-likeness (QED) is 0.674. The van der Waals surface area contributed by atoms with Crippen LogP contribution in [0.4, 0.5) is 5.69 Å². The second-order valence-electron chi connectivity index (χ2n) is 4.34. The maximum absolute atomic E-state index is 11.0. The molecule has 2 aromatic heterocycles. The van der Waals surface area contributed by atoms with E-state index in [-0.39, 0.29) is 11.4 Å². The van der Waals surface area contributed by atoms with Gasteiger partial charge in [0, 0.05) is 19.3 Å². The molecule has 2 heterocycles. The van der Waals surface area contributed by atoms with Crippen LogP contribution in [-0.2, 0) is 7.05 Å². The van der Waals surface area contributed by atoms with Crippen LogP contribution in [0.2, 0.25) is 0 Å². The molecule has 9 heteroatoms. The zero-order valence-electron chi connectivity index (χ0n) is 11.5. The van der Waals surface area contributed by atoms with Gasteiger partial charge in [-0.25, -0.2) is 9.78 Å². The Morgan fingerprint density at radius 2 is 2.14 bits per heavy atom. The fourth-order valence-corrected chi connectivity index (χ4v) is 1.77. The summed E-state index contributed by atoms with van der Waals surface area (Å²) < 4.78 is 7.03. The summed E-state index contributed by atoms with van der Waals surface area (Å²) in [6.07, 6.45) is 1.01. The summed E-state index contributed by atoms with van der Waals surface area (Å²) in [4.78, 5) is 24.9. The fourth-order valence-electron chi connectivity index (χ4n) is 1.77. The normalized spacial score (nSPS) is 10.4. The third-order valence-corrected chi connectivity index (χ3v) is 2.92. The average molecular weight is 292 g/mol. The molecule has 0 bridgehead atoms. The number of carboxylic acid groups (broad SMARTS) is 1. The highest BCUT2D eigenvalue weighted by molar-refractivity contribution is 5.88. The average Bonchev–Trinajstić information content (AvgIpc) is 2.65. The van der Waals surface area contributed by atoms with Crippen LogP contribution in [0, 0.1) is 24.0 Å². The summed E-state index contributed by atoms with van der Waals surface area (Å²) in [6.45, 7) is 3.44. The van der Waals surface area contributed by atoms with Crippen LogP contribution in [0.15, 0.2) is 12.3 Å². The number of aryl methyl sites for hydroxylation is 2. The molecule has 0 atom stereocenters. The van der Waals surface area contributed by atoms with Crippen molar-refractivity contribution in [3.63, 3.8) is 0 Å². The van der Waals surface area contributed by atoms with Gasteiger partial charge in [0.25, 0.3) is 5.88 Å². The van der Waals surface area contributed by atoms with E-state index in [0.717, 1.165) is 12.3 Å². The molecule has 21 heavy (non-hydrogen) atoms. The summed E-state index contributed by atoms with van der Waals surface area (Å²) in [6, 6.07) is 0.908. The van der Waals surface area contributed by atoms with Gasteiger partial charge in [0.05, 0.1) is 16.2 Å². The lowest BCUT2D eigenvalue weighted by molar-refractivity contribution is -0.386. The first-order chi connectivity index (χ1) is 9.81. The number of nitrogens with zero attached hydrogens (tertiary/aromatic N) is 4. The number of aromatic nitrogens is 3. The van der Waals surface area contributed by atoms with Gasteiger partial charge in [-0.2, -0.15) is 5.10 Å². The maximum atomic E-state index is 11.0. The number of carbonyl (C=O) groups is 1. The largest absolute Gasteiger partial charge is 0.478 e. The Balaban J connectivity index is 2.49. The Morgan fingerprint density at radius 3 is 2.62 bits per heavy atom. The lowest BCUT2D eigenvalue weighted by Crippen LogP contribution is -2.02. The van der Waals surface area contributed by atoms with Crippen LogP contribution in [-0.4, -0.2) is 30.8 Å². The first kappa shape index (κ1) is 14.4. The molecule has 0 unspecified atom stereocenters. The molecule has 0 aliphatic carbocycles. The zero-order chi connectivity index (χ0) is 15.7. The Morgan fingerprint density at radius 1 is 1.48 bits per heavy atom. The van der Waals surface area contributed by atoms with E-state index < -0.39 is 16.6 Å². The predicted molar refractivity (Wildman–Crippen MR) is 70.6 cm³/mol. The Kier molecular flexibility index (Phi) is 3.57. The van der Waals surface area contributed by atoms with E-state index in [9.17, 15) is 14.9 Å². The van der Waals surface area contributed by atoms with Crippen LogP contribution in [0.25, 0.3) is 0 Å². The van der Waals surface area contributed by atoms with E-state index in [0.29, 0.717) is 17.1 Å². The number of hydrogen-bond donors (Lipinski definition) is 1.